The van der Waals surface area contributed by atoms with Crippen LogP contribution in [0.15, 0.2) is 36.4 Å². The predicted octanol–water partition coefficient (Wildman–Crippen LogP) is 3.72. The third-order valence-electron chi connectivity index (χ3n) is 3.86. The second kappa shape index (κ2) is 7.27. The van der Waals surface area contributed by atoms with E-state index in [0.29, 0.717) is 41.5 Å². The molecule has 1 aliphatic heterocycles. The molecule has 0 unspecified atom stereocenters. The smallest absolute Gasteiger partial charge is 0.237 e. The van der Waals surface area contributed by atoms with Gasteiger partial charge in [0.05, 0.1) is 16.1 Å². The first kappa shape index (κ1) is 17.5. The number of fused-ring (bicyclic) bond motifs is 1. The molecule has 0 radical (unpaired) electrons. The number of alkyl halides is 1. The standard InChI is InChI=1S/C19H18BrNO4/c1-11-3-5-13(6-4-11)18(22)14-9-16-17(25-8-7-24-16)10-15(14)21-19(23)12(2)20/h3-6,9-10,12H,7-8H2,1-2H3,(H,21,23)/t12-/m1/s1. The number of benzene rings is 2. The van der Waals surface area contributed by atoms with Crippen LogP contribution in [0.3, 0.4) is 0 Å². The molecular weight excluding hydrogens is 386 g/mol. The number of anilines is 1. The predicted molar refractivity (Wildman–Crippen MR) is 99.1 cm³/mol. The average molecular weight is 404 g/mol. The number of hydrogen-bond donors (Lipinski definition) is 1. The Bertz CT molecular complexity index is 815. The van der Waals surface area contributed by atoms with Gasteiger partial charge in [-0.1, -0.05) is 45.8 Å². The molecule has 0 spiro atoms. The van der Waals surface area contributed by atoms with E-state index in [1.807, 2.05) is 19.1 Å². The first-order chi connectivity index (χ1) is 12.0. The van der Waals surface area contributed by atoms with E-state index in [1.54, 1.807) is 31.2 Å². The average Bonchev–Trinajstić information content (AvgIpc) is 2.61. The molecule has 1 atom stereocenters. The summed E-state index contributed by atoms with van der Waals surface area (Å²) in [4.78, 5) is 24.7. The van der Waals surface area contributed by atoms with Crippen molar-refractivity contribution in [1.29, 1.82) is 0 Å². The molecule has 25 heavy (non-hydrogen) atoms. The van der Waals surface area contributed by atoms with E-state index in [9.17, 15) is 9.59 Å². The van der Waals surface area contributed by atoms with Crippen LogP contribution in [0.2, 0.25) is 0 Å². The lowest BCUT2D eigenvalue weighted by molar-refractivity contribution is -0.115. The number of rotatable bonds is 4. The summed E-state index contributed by atoms with van der Waals surface area (Å²) in [5.41, 5.74) is 2.39. The highest BCUT2D eigenvalue weighted by Gasteiger charge is 2.22. The van der Waals surface area contributed by atoms with Gasteiger partial charge in [-0.2, -0.15) is 0 Å². The minimum Gasteiger partial charge on any atom is -0.486 e. The first-order valence-electron chi connectivity index (χ1n) is 7.95. The van der Waals surface area contributed by atoms with E-state index < -0.39 is 0 Å². The van der Waals surface area contributed by atoms with Crippen LogP contribution in [-0.4, -0.2) is 29.7 Å². The summed E-state index contributed by atoms with van der Waals surface area (Å²) in [7, 11) is 0. The molecular formula is C19H18BrNO4. The van der Waals surface area contributed by atoms with Gasteiger partial charge < -0.3 is 14.8 Å². The molecule has 130 valence electrons. The fourth-order valence-corrected chi connectivity index (χ4v) is 2.59. The second-order valence-electron chi connectivity index (χ2n) is 5.84. The Morgan fingerprint density at radius 1 is 1.08 bits per heavy atom. The van der Waals surface area contributed by atoms with E-state index >= 15 is 0 Å². The molecule has 6 heteroatoms. The van der Waals surface area contributed by atoms with Crippen molar-refractivity contribution in [1.82, 2.24) is 0 Å². The Labute approximate surface area is 154 Å². The number of carbonyl (C=O) groups is 2. The molecule has 1 heterocycles. The van der Waals surface area contributed by atoms with E-state index in [2.05, 4.69) is 21.2 Å². The lowest BCUT2D eigenvalue weighted by Gasteiger charge is -2.21. The molecule has 0 saturated heterocycles. The monoisotopic (exact) mass is 403 g/mol. The summed E-state index contributed by atoms with van der Waals surface area (Å²) in [6.45, 7) is 4.53. The number of carbonyl (C=O) groups excluding carboxylic acids is 2. The number of amides is 1. The largest absolute Gasteiger partial charge is 0.486 e. The van der Waals surface area contributed by atoms with Gasteiger partial charge in [-0.05, 0) is 19.9 Å². The Balaban J connectivity index is 2.04. The van der Waals surface area contributed by atoms with Crippen LogP contribution in [0.4, 0.5) is 5.69 Å². The van der Waals surface area contributed by atoms with E-state index in [4.69, 9.17) is 9.47 Å². The van der Waals surface area contributed by atoms with Crippen LogP contribution in [0, 0.1) is 6.92 Å². The maximum Gasteiger partial charge on any atom is 0.237 e. The van der Waals surface area contributed by atoms with Gasteiger partial charge in [0, 0.05) is 11.6 Å². The van der Waals surface area contributed by atoms with Crippen LogP contribution in [0.25, 0.3) is 0 Å². The maximum absolute atomic E-state index is 13.0. The van der Waals surface area contributed by atoms with Crippen molar-refractivity contribution in [3.63, 3.8) is 0 Å². The third kappa shape index (κ3) is 3.85. The van der Waals surface area contributed by atoms with E-state index in [0.717, 1.165) is 5.56 Å². The van der Waals surface area contributed by atoms with Crippen LogP contribution < -0.4 is 14.8 Å². The molecule has 2 aromatic rings. The van der Waals surface area contributed by atoms with Crippen LogP contribution in [0.5, 0.6) is 11.5 Å². The van der Waals surface area contributed by atoms with E-state index in [-0.39, 0.29) is 16.5 Å². The summed E-state index contributed by atoms with van der Waals surface area (Å²) in [6.07, 6.45) is 0. The van der Waals surface area contributed by atoms with Gasteiger partial charge in [-0.3, -0.25) is 9.59 Å². The fraction of sp³-hybridized carbons (Fsp3) is 0.263. The zero-order valence-corrected chi connectivity index (χ0v) is 15.6. The lowest BCUT2D eigenvalue weighted by atomic mass is 9.99. The quantitative estimate of drug-likeness (QED) is 0.623. The zero-order valence-electron chi connectivity index (χ0n) is 14.0. The molecule has 0 aromatic heterocycles. The molecule has 2 aromatic carbocycles. The molecule has 1 aliphatic rings. The molecule has 0 saturated carbocycles. The van der Waals surface area contributed by atoms with Gasteiger partial charge in [0.25, 0.3) is 0 Å². The van der Waals surface area contributed by atoms with Crippen molar-refractivity contribution in [3.8, 4) is 11.5 Å². The number of halogens is 1. The molecule has 3 rings (SSSR count). The highest BCUT2D eigenvalue weighted by Crippen LogP contribution is 2.36. The molecule has 0 aliphatic carbocycles. The van der Waals surface area contributed by atoms with Crippen LogP contribution in [0.1, 0.15) is 28.4 Å². The van der Waals surface area contributed by atoms with Crippen molar-refractivity contribution in [3.05, 3.63) is 53.1 Å². The van der Waals surface area contributed by atoms with Gasteiger partial charge in [0.1, 0.15) is 13.2 Å². The maximum atomic E-state index is 13.0. The summed E-state index contributed by atoms with van der Waals surface area (Å²) in [5.74, 6) is 0.597. The van der Waals surface area contributed by atoms with E-state index in [1.165, 1.54) is 0 Å². The van der Waals surface area contributed by atoms with Crippen LogP contribution in [-0.2, 0) is 4.79 Å². The topological polar surface area (TPSA) is 64.6 Å². The van der Waals surface area contributed by atoms with Crippen LogP contribution >= 0.6 is 15.9 Å². The first-order valence-corrected chi connectivity index (χ1v) is 8.87. The second-order valence-corrected chi connectivity index (χ2v) is 7.22. The Morgan fingerprint density at radius 3 is 2.28 bits per heavy atom. The molecule has 1 N–H and O–H groups in total. The number of hydrogen-bond acceptors (Lipinski definition) is 4. The number of ether oxygens (including phenoxy) is 2. The summed E-state index contributed by atoms with van der Waals surface area (Å²) in [6, 6.07) is 10.6. The fourth-order valence-electron chi connectivity index (χ4n) is 2.47. The minimum atomic E-state index is -0.386. The summed E-state index contributed by atoms with van der Waals surface area (Å²) >= 11 is 3.23. The number of ketones is 1. The highest BCUT2D eigenvalue weighted by molar-refractivity contribution is 9.10. The molecule has 0 fully saturated rings. The van der Waals surface area contributed by atoms with Crippen molar-refractivity contribution >= 4 is 33.3 Å². The number of nitrogens with one attached hydrogen (secondary N) is 1. The van der Waals surface area contributed by atoms with Crippen molar-refractivity contribution < 1.29 is 19.1 Å². The van der Waals surface area contributed by atoms with Crippen molar-refractivity contribution in [2.75, 3.05) is 18.5 Å². The summed E-state index contributed by atoms with van der Waals surface area (Å²) in [5, 5.41) is 2.78. The van der Waals surface area contributed by atoms with Gasteiger partial charge in [-0.25, -0.2) is 0 Å². The highest BCUT2D eigenvalue weighted by atomic mass is 79.9. The van der Waals surface area contributed by atoms with Gasteiger partial charge in [0.15, 0.2) is 17.3 Å². The summed E-state index contributed by atoms with van der Waals surface area (Å²) < 4.78 is 11.1. The zero-order chi connectivity index (χ0) is 18.0. The Morgan fingerprint density at radius 2 is 1.68 bits per heavy atom. The third-order valence-corrected chi connectivity index (χ3v) is 4.28. The van der Waals surface area contributed by atoms with Crippen molar-refractivity contribution in [2.24, 2.45) is 0 Å². The lowest BCUT2D eigenvalue weighted by Crippen LogP contribution is -2.23. The molecule has 0 bridgehead atoms. The van der Waals surface area contributed by atoms with Gasteiger partial charge in [-0.15, -0.1) is 0 Å². The van der Waals surface area contributed by atoms with Gasteiger partial charge in [0.2, 0.25) is 5.91 Å². The van der Waals surface area contributed by atoms with Crippen molar-refractivity contribution in [2.45, 2.75) is 18.7 Å². The normalized spacial score (nSPS) is 13.9. The SMILES string of the molecule is Cc1ccc(C(=O)c2cc3c(cc2NC(=O)[C@@H](C)Br)OCCO3)cc1. The minimum absolute atomic E-state index is 0.186. The molecule has 5 nitrogen and oxygen atoms in total. The number of aryl methyl sites for hydroxylation is 1. The Kier molecular flexibility index (Phi) is 5.08. The Hall–Kier alpha value is -2.34. The molecule has 1 amide bonds. The van der Waals surface area contributed by atoms with Gasteiger partial charge >= 0.3 is 0 Å².